The lowest BCUT2D eigenvalue weighted by atomic mass is 9.81. The molecule has 0 unspecified atom stereocenters. The topological polar surface area (TPSA) is 40.3 Å². The summed E-state index contributed by atoms with van der Waals surface area (Å²) in [6.45, 7) is 7.79. The highest BCUT2D eigenvalue weighted by atomic mass is 32.1. The average molecular weight is 407 g/mol. The van der Waals surface area contributed by atoms with Gasteiger partial charge in [0.15, 0.2) is 5.71 Å². The fourth-order valence-corrected chi connectivity index (χ4v) is 5.33. The second-order valence-corrected chi connectivity index (χ2v) is 9.53. The SMILES string of the molecule is CC1=[N+](CCCCCC(=O)O)c2ccc(-c3cc4ccccc4s3)cc2C1(C)C. The number of carbonyl (C=O) groups is 1. The Morgan fingerprint density at radius 3 is 2.62 bits per heavy atom. The quantitative estimate of drug-likeness (QED) is 0.354. The molecule has 0 aliphatic carbocycles. The van der Waals surface area contributed by atoms with Crippen LogP contribution >= 0.6 is 11.3 Å². The van der Waals surface area contributed by atoms with Gasteiger partial charge in [-0.3, -0.25) is 4.79 Å². The summed E-state index contributed by atoms with van der Waals surface area (Å²) in [5.41, 5.74) is 5.35. The number of rotatable bonds is 7. The number of nitrogens with zero attached hydrogens (tertiary/aromatic N) is 1. The van der Waals surface area contributed by atoms with Crippen molar-refractivity contribution in [3.8, 4) is 10.4 Å². The minimum absolute atomic E-state index is 0.00307. The van der Waals surface area contributed by atoms with Crippen LogP contribution < -0.4 is 0 Å². The third-order valence-corrected chi connectivity index (χ3v) is 7.42. The molecule has 2 aromatic carbocycles. The molecule has 0 spiro atoms. The van der Waals surface area contributed by atoms with Gasteiger partial charge in [0.25, 0.3) is 0 Å². The van der Waals surface area contributed by atoms with Gasteiger partial charge in [-0.15, -0.1) is 11.3 Å². The zero-order valence-corrected chi connectivity index (χ0v) is 18.2. The van der Waals surface area contributed by atoms with E-state index >= 15 is 0 Å². The molecule has 0 fully saturated rings. The van der Waals surface area contributed by atoms with Gasteiger partial charge in [0.1, 0.15) is 6.54 Å². The number of thiophene rings is 1. The number of carboxylic acid groups (broad SMARTS) is 1. The van der Waals surface area contributed by atoms with E-state index in [-0.39, 0.29) is 11.8 Å². The Balaban J connectivity index is 1.59. The van der Waals surface area contributed by atoms with E-state index in [0.29, 0.717) is 0 Å². The van der Waals surface area contributed by atoms with Crippen LogP contribution in [0.25, 0.3) is 20.5 Å². The van der Waals surface area contributed by atoms with Crippen molar-refractivity contribution in [2.45, 2.75) is 51.9 Å². The van der Waals surface area contributed by atoms with Crippen molar-refractivity contribution in [2.24, 2.45) is 0 Å². The molecule has 0 radical (unpaired) electrons. The van der Waals surface area contributed by atoms with Crippen molar-refractivity contribution < 1.29 is 14.5 Å². The third kappa shape index (κ3) is 3.74. The first-order valence-electron chi connectivity index (χ1n) is 10.3. The maximum Gasteiger partial charge on any atom is 0.303 e. The molecule has 150 valence electrons. The number of fused-ring (bicyclic) bond motifs is 2. The van der Waals surface area contributed by atoms with Gasteiger partial charge in [-0.2, -0.15) is 4.58 Å². The molecular formula is C25H28NO2S+. The van der Waals surface area contributed by atoms with Crippen LogP contribution in [0.3, 0.4) is 0 Å². The summed E-state index contributed by atoms with van der Waals surface area (Å²) in [6, 6.07) is 17.7. The summed E-state index contributed by atoms with van der Waals surface area (Å²) < 4.78 is 3.76. The zero-order valence-electron chi connectivity index (χ0n) is 17.4. The van der Waals surface area contributed by atoms with Gasteiger partial charge in [-0.1, -0.05) is 18.2 Å². The number of benzene rings is 2. The van der Waals surface area contributed by atoms with Crippen molar-refractivity contribution in [3.63, 3.8) is 0 Å². The van der Waals surface area contributed by atoms with Crippen molar-refractivity contribution >= 4 is 38.8 Å². The Labute approximate surface area is 176 Å². The van der Waals surface area contributed by atoms with E-state index in [4.69, 9.17) is 5.11 Å². The van der Waals surface area contributed by atoms with Crippen molar-refractivity contribution in [2.75, 3.05) is 6.54 Å². The van der Waals surface area contributed by atoms with E-state index in [9.17, 15) is 4.79 Å². The van der Waals surface area contributed by atoms with Crippen LogP contribution in [-0.2, 0) is 10.2 Å². The molecule has 2 heterocycles. The molecule has 3 nitrogen and oxygen atoms in total. The fourth-order valence-electron chi connectivity index (χ4n) is 4.27. The highest BCUT2D eigenvalue weighted by Crippen LogP contribution is 2.43. The molecule has 29 heavy (non-hydrogen) atoms. The first-order valence-corrected chi connectivity index (χ1v) is 11.2. The van der Waals surface area contributed by atoms with Gasteiger partial charge in [-0.05, 0) is 61.9 Å². The molecule has 4 rings (SSSR count). The average Bonchev–Trinajstić information content (AvgIpc) is 3.20. The number of hydrogen-bond donors (Lipinski definition) is 1. The number of unbranched alkanes of at least 4 members (excludes halogenated alkanes) is 2. The van der Waals surface area contributed by atoms with Crippen LogP contribution in [0.2, 0.25) is 0 Å². The molecule has 0 amide bonds. The van der Waals surface area contributed by atoms with E-state index < -0.39 is 5.97 Å². The largest absolute Gasteiger partial charge is 0.481 e. The van der Waals surface area contributed by atoms with E-state index in [2.05, 4.69) is 73.9 Å². The molecular weight excluding hydrogens is 378 g/mol. The normalized spacial score (nSPS) is 15.1. The molecule has 3 aromatic rings. The summed E-state index contributed by atoms with van der Waals surface area (Å²) in [5, 5.41) is 10.1. The van der Waals surface area contributed by atoms with E-state index in [1.165, 1.54) is 37.5 Å². The molecule has 1 aliphatic rings. The third-order valence-electron chi connectivity index (χ3n) is 6.25. The van der Waals surface area contributed by atoms with Crippen LogP contribution in [0.15, 0.2) is 48.5 Å². The number of aliphatic carboxylic acids is 1. The molecule has 4 heteroatoms. The maximum atomic E-state index is 10.7. The van der Waals surface area contributed by atoms with Crippen LogP contribution in [0, 0.1) is 0 Å². The highest BCUT2D eigenvalue weighted by molar-refractivity contribution is 7.22. The van der Waals surface area contributed by atoms with Crippen molar-refractivity contribution in [3.05, 3.63) is 54.1 Å². The van der Waals surface area contributed by atoms with Crippen LogP contribution in [-0.4, -0.2) is 27.9 Å². The number of carboxylic acids is 1. The molecule has 1 aliphatic heterocycles. The predicted octanol–water partition coefficient (Wildman–Crippen LogP) is 6.61. The Kier molecular flexibility index (Phi) is 5.30. The standard InChI is InChI=1S/C25H27NO2S/c1-17-25(2,3)20-15-19(23-16-18-9-6-7-10-22(18)29-23)12-13-21(20)26(17)14-8-4-5-11-24(27)28/h6-7,9-10,12-13,15-16H,4-5,8,11,14H2,1-3H3/p+1. The minimum Gasteiger partial charge on any atom is -0.481 e. The first-order chi connectivity index (χ1) is 13.9. The van der Waals surface area contributed by atoms with E-state index in [0.717, 1.165) is 25.8 Å². The smallest absolute Gasteiger partial charge is 0.303 e. The second-order valence-electron chi connectivity index (χ2n) is 8.45. The number of hydrogen-bond acceptors (Lipinski definition) is 2. The monoisotopic (exact) mass is 406 g/mol. The van der Waals surface area contributed by atoms with E-state index in [1.807, 2.05) is 11.3 Å². The summed E-state index contributed by atoms with van der Waals surface area (Å²) in [6.07, 6.45) is 2.98. The lowest BCUT2D eigenvalue weighted by molar-refractivity contribution is -0.439. The van der Waals surface area contributed by atoms with E-state index in [1.54, 1.807) is 0 Å². The first kappa shape index (κ1) is 19.8. The molecule has 0 atom stereocenters. The van der Waals surface area contributed by atoms with Gasteiger partial charge in [-0.25, -0.2) is 0 Å². The Hall–Kier alpha value is -2.46. The predicted molar refractivity (Wildman–Crippen MR) is 122 cm³/mol. The van der Waals surface area contributed by atoms with Crippen LogP contribution in [0.4, 0.5) is 5.69 Å². The van der Waals surface area contributed by atoms with Gasteiger partial charge in [0, 0.05) is 41.0 Å². The van der Waals surface area contributed by atoms with Gasteiger partial charge in [0.2, 0.25) is 5.69 Å². The van der Waals surface area contributed by atoms with Crippen molar-refractivity contribution in [1.29, 1.82) is 0 Å². The van der Waals surface area contributed by atoms with Crippen LogP contribution in [0.1, 0.15) is 52.0 Å². The minimum atomic E-state index is -0.700. The van der Waals surface area contributed by atoms with Gasteiger partial charge >= 0.3 is 5.97 Å². The molecule has 1 N–H and O–H groups in total. The Morgan fingerprint density at radius 1 is 1.07 bits per heavy atom. The molecule has 0 bridgehead atoms. The van der Waals surface area contributed by atoms with Crippen LogP contribution in [0.5, 0.6) is 0 Å². The summed E-state index contributed by atoms with van der Waals surface area (Å²) in [7, 11) is 0. The van der Waals surface area contributed by atoms with Gasteiger partial charge in [0.05, 0.1) is 5.41 Å². The molecule has 0 saturated carbocycles. The highest BCUT2D eigenvalue weighted by Gasteiger charge is 2.42. The summed E-state index contributed by atoms with van der Waals surface area (Å²) >= 11 is 1.85. The fraction of sp³-hybridized carbons (Fsp3) is 0.360. The van der Waals surface area contributed by atoms with Crippen molar-refractivity contribution in [1.82, 2.24) is 0 Å². The summed E-state index contributed by atoms with van der Waals surface area (Å²) in [4.78, 5) is 12.0. The van der Waals surface area contributed by atoms with Gasteiger partial charge < -0.3 is 5.11 Å². The zero-order chi connectivity index (χ0) is 20.6. The summed E-state index contributed by atoms with van der Waals surface area (Å²) in [5.74, 6) is -0.700. The second kappa shape index (κ2) is 7.75. The molecule has 1 aromatic heterocycles. The maximum absolute atomic E-state index is 10.7. The Morgan fingerprint density at radius 2 is 1.86 bits per heavy atom. The molecule has 0 saturated heterocycles. The lowest BCUT2D eigenvalue weighted by Gasteiger charge is -2.15. The Bertz CT molecular complexity index is 1070. The lowest BCUT2D eigenvalue weighted by Crippen LogP contribution is -2.26.